The van der Waals surface area contributed by atoms with E-state index in [9.17, 15) is 0 Å². The van der Waals surface area contributed by atoms with E-state index in [0.717, 1.165) is 22.7 Å². The van der Waals surface area contributed by atoms with Crippen LogP contribution in [0.3, 0.4) is 0 Å². The number of aromatic nitrogens is 5. The molecule has 0 aliphatic heterocycles. The summed E-state index contributed by atoms with van der Waals surface area (Å²) in [6.07, 6.45) is 7.30. The number of rotatable bonds is 4. The molecule has 2 heterocycles. The van der Waals surface area contributed by atoms with Gasteiger partial charge in [0.2, 0.25) is 0 Å². The van der Waals surface area contributed by atoms with Crippen LogP contribution in [0.4, 0.5) is 0 Å². The predicted molar refractivity (Wildman–Crippen MR) is 74.0 cm³/mol. The van der Waals surface area contributed by atoms with Crippen LogP contribution in [0.5, 0.6) is 5.75 Å². The lowest BCUT2D eigenvalue weighted by atomic mass is 10.2. The summed E-state index contributed by atoms with van der Waals surface area (Å²) in [6.45, 7) is 2.68. The quantitative estimate of drug-likeness (QED) is 0.725. The molecule has 20 heavy (non-hydrogen) atoms. The minimum atomic E-state index is 0.647. The second-order valence-electron chi connectivity index (χ2n) is 4.56. The zero-order chi connectivity index (χ0) is 13.9. The Bertz CT molecular complexity index is 702. The molecule has 0 atom stereocenters. The van der Waals surface area contributed by atoms with Crippen LogP contribution in [-0.2, 0) is 6.54 Å². The number of hydrogen-bond donors (Lipinski definition) is 0. The van der Waals surface area contributed by atoms with Crippen molar-refractivity contribution in [3.63, 3.8) is 0 Å². The maximum atomic E-state index is 5.37. The smallest absolute Gasteiger partial charge is 0.144 e. The number of ether oxygens (including phenoxy) is 1. The van der Waals surface area contributed by atoms with E-state index in [1.54, 1.807) is 24.3 Å². The average molecular weight is 269 g/mol. The molecule has 6 heteroatoms. The minimum Gasteiger partial charge on any atom is -0.494 e. The fourth-order valence-electron chi connectivity index (χ4n) is 2.03. The highest BCUT2D eigenvalue weighted by atomic mass is 16.5. The number of nitrogens with zero attached hydrogens (tertiary/aromatic N) is 5. The molecular weight excluding hydrogens is 254 g/mol. The number of hydrogen-bond acceptors (Lipinski definition) is 4. The number of methoxy groups -OCH3 is 1. The van der Waals surface area contributed by atoms with Gasteiger partial charge in [-0.3, -0.25) is 0 Å². The molecule has 0 saturated carbocycles. The molecule has 3 rings (SSSR count). The van der Waals surface area contributed by atoms with Crippen LogP contribution < -0.4 is 4.74 Å². The summed E-state index contributed by atoms with van der Waals surface area (Å²) < 4.78 is 9.05. The first-order valence-corrected chi connectivity index (χ1v) is 6.28. The second kappa shape index (κ2) is 5.16. The Labute approximate surface area is 116 Å². The molecule has 1 aromatic carbocycles. The third-order valence-corrected chi connectivity index (χ3v) is 3.03. The fraction of sp³-hybridized carbons (Fsp3) is 0.214. The molecule has 0 N–H and O–H groups in total. The number of benzene rings is 1. The summed E-state index contributed by atoms with van der Waals surface area (Å²) >= 11 is 0. The van der Waals surface area contributed by atoms with E-state index in [0.29, 0.717) is 6.54 Å². The molecule has 0 radical (unpaired) electrons. The van der Waals surface area contributed by atoms with Gasteiger partial charge in [-0.15, -0.1) is 5.10 Å². The van der Waals surface area contributed by atoms with E-state index in [4.69, 9.17) is 4.74 Å². The normalized spacial score (nSPS) is 10.7. The van der Waals surface area contributed by atoms with Crippen molar-refractivity contribution < 1.29 is 4.74 Å². The fourth-order valence-corrected chi connectivity index (χ4v) is 2.03. The summed E-state index contributed by atoms with van der Waals surface area (Å²) in [5, 5.41) is 8.35. The summed E-state index contributed by atoms with van der Waals surface area (Å²) in [4.78, 5) is 4.01. The van der Waals surface area contributed by atoms with Crippen LogP contribution >= 0.6 is 0 Å². The molecular formula is C14H15N5O. The zero-order valence-electron chi connectivity index (χ0n) is 11.4. The molecule has 0 aliphatic carbocycles. The molecule has 0 fully saturated rings. The van der Waals surface area contributed by atoms with Crippen LogP contribution in [0, 0.1) is 6.92 Å². The van der Waals surface area contributed by atoms with Crippen LogP contribution in [0.25, 0.3) is 5.69 Å². The highest BCUT2D eigenvalue weighted by molar-refractivity contribution is 5.48. The third-order valence-electron chi connectivity index (χ3n) is 3.03. The Balaban J connectivity index is 1.91. The lowest BCUT2D eigenvalue weighted by Crippen LogP contribution is -1.99. The Hall–Kier alpha value is -2.63. The summed E-state index contributed by atoms with van der Waals surface area (Å²) in [5.74, 6) is 0.773. The van der Waals surface area contributed by atoms with E-state index in [-0.39, 0.29) is 0 Å². The predicted octanol–water partition coefficient (Wildman–Crippen LogP) is 1.83. The van der Waals surface area contributed by atoms with Gasteiger partial charge in [-0.05, 0) is 24.6 Å². The van der Waals surface area contributed by atoms with Gasteiger partial charge < -0.3 is 9.30 Å². The van der Waals surface area contributed by atoms with Crippen molar-refractivity contribution in [2.75, 3.05) is 7.11 Å². The van der Waals surface area contributed by atoms with Crippen LogP contribution in [0.15, 0.2) is 43.1 Å². The molecule has 102 valence electrons. The highest BCUT2D eigenvalue weighted by Gasteiger charge is 2.09. The first-order valence-electron chi connectivity index (χ1n) is 6.28. The van der Waals surface area contributed by atoms with Crippen molar-refractivity contribution in [2.24, 2.45) is 0 Å². The van der Waals surface area contributed by atoms with Crippen molar-refractivity contribution in [3.8, 4) is 11.4 Å². The van der Waals surface area contributed by atoms with E-state index in [2.05, 4.69) is 15.3 Å². The maximum absolute atomic E-state index is 5.37. The van der Waals surface area contributed by atoms with Crippen molar-refractivity contribution in [2.45, 2.75) is 13.5 Å². The Kier molecular flexibility index (Phi) is 3.20. The first-order chi connectivity index (χ1) is 9.76. The lowest BCUT2D eigenvalue weighted by Gasteiger charge is -2.08. The minimum absolute atomic E-state index is 0.647. The van der Waals surface area contributed by atoms with Gasteiger partial charge in [0.25, 0.3) is 0 Å². The molecule has 0 bridgehead atoms. The van der Waals surface area contributed by atoms with Gasteiger partial charge >= 0.3 is 0 Å². The SMILES string of the molecule is COc1ccc(C)cc1-n1cc(Cn2ccnc2)nn1. The molecule has 0 amide bonds. The van der Waals surface area contributed by atoms with E-state index in [1.165, 1.54) is 0 Å². The second-order valence-corrected chi connectivity index (χ2v) is 4.56. The van der Waals surface area contributed by atoms with Crippen molar-refractivity contribution in [1.82, 2.24) is 24.5 Å². The first kappa shape index (κ1) is 12.4. The van der Waals surface area contributed by atoms with E-state index < -0.39 is 0 Å². The molecule has 0 unspecified atom stereocenters. The molecule has 0 saturated heterocycles. The van der Waals surface area contributed by atoms with Gasteiger partial charge in [-0.25, -0.2) is 9.67 Å². The van der Waals surface area contributed by atoms with Gasteiger partial charge in [0, 0.05) is 12.4 Å². The van der Waals surface area contributed by atoms with Crippen molar-refractivity contribution in [1.29, 1.82) is 0 Å². The van der Waals surface area contributed by atoms with Gasteiger partial charge in [0.1, 0.15) is 17.1 Å². The summed E-state index contributed by atoms with van der Waals surface area (Å²) in [5.41, 5.74) is 2.90. The molecule has 0 spiro atoms. The number of imidazole rings is 1. The summed E-state index contributed by atoms with van der Waals surface area (Å²) in [6, 6.07) is 5.96. The van der Waals surface area contributed by atoms with E-state index in [1.807, 2.05) is 42.1 Å². The van der Waals surface area contributed by atoms with Crippen LogP contribution in [0.2, 0.25) is 0 Å². The standard InChI is InChI=1S/C14H15N5O/c1-11-3-4-14(20-2)13(7-11)19-9-12(16-17-19)8-18-6-5-15-10-18/h3-7,9-10H,8H2,1-2H3. The third kappa shape index (κ3) is 2.40. The monoisotopic (exact) mass is 269 g/mol. The largest absolute Gasteiger partial charge is 0.494 e. The Morgan fingerprint density at radius 2 is 2.20 bits per heavy atom. The van der Waals surface area contributed by atoms with E-state index >= 15 is 0 Å². The Morgan fingerprint density at radius 1 is 1.30 bits per heavy atom. The zero-order valence-corrected chi connectivity index (χ0v) is 11.4. The molecule has 0 aliphatic rings. The highest BCUT2D eigenvalue weighted by Crippen LogP contribution is 2.23. The van der Waals surface area contributed by atoms with Crippen molar-refractivity contribution >= 4 is 0 Å². The molecule has 3 aromatic rings. The number of aryl methyl sites for hydroxylation is 1. The Morgan fingerprint density at radius 3 is 2.95 bits per heavy atom. The summed E-state index contributed by atoms with van der Waals surface area (Å²) in [7, 11) is 1.65. The average Bonchev–Trinajstić information content (AvgIpc) is 3.11. The molecule has 2 aromatic heterocycles. The topological polar surface area (TPSA) is 57.8 Å². The van der Waals surface area contributed by atoms with Crippen LogP contribution in [0.1, 0.15) is 11.3 Å². The maximum Gasteiger partial charge on any atom is 0.144 e. The van der Waals surface area contributed by atoms with Crippen molar-refractivity contribution in [3.05, 3.63) is 54.4 Å². The van der Waals surface area contributed by atoms with Gasteiger partial charge in [-0.1, -0.05) is 11.3 Å². The van der Waals surface area contributed by atoms with Gasteiger partial charge in [-0.2, -0.15) is 0 Å². The van der Waals surface area contributed by atoms with Gasteiger partial charge in [0.15, 0.2) is 0 Å². The van der Waals surface area contributed by atoms with Gasteiger partial charge in [0.05, 0.1) is 26.2 Å². The molecule has 6 nitrogen and oxygen atoms in total. The lowest BCUT2D eigenvalue weighted by molar-refractivity contribution is 0.411. The van der Waals surface area contributed by atoms with Crippen LogP contribution in [-0.4, -0.2) is 31.7 Å².